The summed E-state index contributed by atoms with van der Waals surface area (Å²) >= 11 is 0. The lowest BCUT2D eigenvalue weighted by Crippen LogP contribution is -2.45. The van der Waals surface area contributed by atoms with E-state index in [1.165, 1.54) is 23.1 Å². The first-order chi connectivity index (χ1) is 9.95. The van der Waals surface area contributed by atoms with Gasteiger partial charge in [-0.3, -0.25) is 4.79 Å². The molecular weight excluding hydrogens is 277 g/mol. The van der Waals surface area contributed by atoms with Crippen molar-refractivity contribution < 1.29 is 19.1 Å². The smallest absolute Gasteiger partial charge is 0.315 e. The molecule has 2 unspecified atom stereocenters. The van der Waals surface area contributed by atoms with Gasteiger partial charge < -0.3 is 20.6 Å². The predicted molar refractivity (Wildman–Crippen MR) is 75.4 cm³/mol. The maximum absolute atomic E-state index is 13.2. The fourth-order valence-corrected chi connectivity index (χ4v) is 2.17. The minimum Gasteiger partial charge on any atom is -0.392 e. The van der Waals surface area contributed by atoms with E-state index in [0.717, 1.165) is 0 Å². The standard InChI is InChI=1S/C14H18FN3O3/c1-9(19)7-16-14(21)17-11-6-13(20)18(8-11)12-4-2-3-10(15)5-12/h2-5,9,11,19H,6-8H2,1H3,(H2,16,17,21). The molecule has 0 saturated carbocycles. The molecule has 1 aromatic carbocycles. The minimum absolute atomic E-state index is 0.139. The molecule has 0 bridgehead atoms. The van der Waals surface area contributed by atoms with Crippen LogP contribution in [-0.4, -0.2) is 42.3 Å². The number of amides is 3. The van der Waals surface area contributed by atoms with E-state index in [2.05, 4.69) is 10.6 Å². The van der Waals surface area contributed by atoms with Gasteiger partial charge in [0.1, 0.15) is 5.82 Å². The molecule has 1 fully saturated rings. The van der Waals surface area contributed by atoms with Gasteiger partial charge in [-0.1, -0.05) is 6.07 Å². The van der Waals surface area contributed by atoms with Crippen molar-refractivity contribution >= 4 is 17.6 Å². The molecule has 0 aliphatic carbocycles. The zero-order valence-corrected chi connectivity index (χ0v) is 11.7. The van der Waals surface area contributed by atoms with E-state index >= 15 is 0 Å². The van der Waals surface area contributed by atoms with E-state index < -0.39 is 18.0 Å². The molecule has 2 atom stereocenters. The summed E-state index contributed by atoms with van der Waals surface area (Å²) in [6, 6.07) is 5.01. The Kier molecular flexibility index (Phi) is 4.74. The normalized spacial score (nSPS) is 19.5. The number of hydrogen-bond donors (Lipinski definition) is 3. The molecule has 0 spiro atoms. The number of halogens is 1. The molecule has 21 heavy (non-hydrogen) atoms. The van der Waals surface area contributed by atoms with Crippen molar-refractivity contribution in [1.29, 1.82) is 0 Å². The number of nitrogens with one attached hydrogen (secondary N) is 2. The van der Waals surface area contributed by atoms with Crippen LogP contribution in [0, 0.1) is 5.82 Å². The van der Waals surface area contributed by atoms with Crippen LogP contribution < -0.4 is 15.5 Å². The summed E-state index contributed by atoms with van der Waals surface area (Å²) in [6.45, 7) is 2.00. The number of aliphatic hydroxyl groups is 1. The van der Waals surface area contributed by atoms with Crippen molar-refractivity contribution in [1.82, 2.24) is 10.6 Å². The van der Waals surface area contributed by atoms with Gasteiger partial charge >= 0.3 is 6.03 Å². The van der Waals surface area contributed by atoms with Crippen molar-refractivity contribution in [3.05, 3.63) is 30.1 Å². The Hall–Kier alpha value is -2.15. The maximum atomic E-state index is 13.2. The fourth-order valence-electron chi connectivity index (χ4n) is 2.17. The zero-order chi connectivity index (χ0) is 15.4. The van der Waals surface area contributed by atoms with Crippen molar-refractivity contribution in [2.45, 2.75) is 25.5 Å². The van der Waals surface area contributed by atoms with Crippen molar-refractivity contribution in [2.24, 2.45) is 0 Å². The molecule has 1 aromatic rings. The van der Waals surface area contributed by atoms with Gasteiger partial charge in [-0.15, -0.1) is 0 Å². The van der Waals surface area contributed by atoms with Crippen LogP contribution in [0.4, 0.5) is 14.9 Å². The number of carbonyl (C=O) groups excluding carboxylic acids is 2. The van der Waals surface area contributed by atoms with E-state index in [1.54, 1.807) is 13.0 Å². The van der Waals surface area contributed by atoms with Crippen LogP contribution in [-0.2, 0) is 4.79 Å². The Labute approximate surface area is 121 Å². The van der Waals surface area contributed by atoms with Crippen LogP contribution in [0.1, 0.15) is 13.3 Å². The summed E-state index contributed by atoms with van der Waals surface area (Å²) < 4.78 is 13.2. The maximum Gasteiger partial charge on any atom is 0.315 e. The van der Waals surface area contributed by atoms with Gasteiger partial charge in [0.25, 0.3) is 0 Å². The lowest BCUT2D eigenvalue weighted by molar-refractivity contribution is -0.117. The van der Waals surface area contributed by atoms with E-state index in [-0.39, 0.29) is 24.9 Å². The number of urea groups is 1. The predicted octanol–water partition coefficient (Wildman–Crippen LogP) is 0.611. The van der Waals surface area contributed by atoms with Crippen LogP contribution >= 0.6 is 0 Å². The molecule has 2 rings (SSSR count). The summed E-state index contributed by atoms with van der Waals surface area (Å²) in [5.74, 6) is -0.576. The Bertz CT molecular complexity index is 536. The first-order valence-electron chi connectivity index (χ1n) is 6.74. The average molecular weight is 295 g/mol. The Balaban J connectivity index is 1.92. The molecule has 3 N–H and O–H groups in total. The molecule has 114 valence electrons. The number of hydrogen-bond acceptors (Lipinski definition) is 3. The topological polar surface area (TPSA) is 81.7 Å². The number of anilines is 1. The average Bonchev–Trinajstić information content (AvgIpc) is 2.77. The molecule has 1 heterocycles. The van der Waals surface area contributed by atoms with Crippen molar-refractivity contribution in [3.8, 4) is 0 Å². The molecule has 1 saturated heterocycles. The van der Waals surface area contributed by atoms with Crippen LogP contribution in [0.15, 0.2) is 24.3 Å². The number of nitrogens with zero attached hydrogens (tertiary/aromatic N) is 1. The highest BCUT2D eigenvalue weighted by Crippen LogP contribution is 2.22. The second kappa shape index (κ2) is 6.53. The molecule has 0 radical (unpaired) electrons. The minimum atomic E-state index is -0.634. The van der Waals surface area contributed by atoms with Crippen LogP contribution in [0.3, 0.4) is 0 Å². The van der Waals surface area contributed by atoms with Gasteiger partial charge in [0.15, 0.2) is 0 Å². The second-order valence-corrected chi connectivity index (χ2v) is 5.09. The molecule has 3 amide bonds. The van der Waals surface area contributed by atoms with Gasteiger partial charge in [0.05, 0.1) is 12.1 Å². The van der Waals surface area contributed by atoms with Gasteiger partial charge in [0.2, 0.25) is 5.91 Å². The van der Waals surface area contributed by atoms with Crippen LogP contribution in [0.25, 0.3) is 0 Å². The lowest BCUT2D eigenvalue weighted by atomic mass is 10.2. The van der Waals surface area contributed by atoms with Crippen LogP contribution in [0.2, 0.25) is 0 Å². The van der Waals surface area contributed by atoms with Crippen molar-refractivity contribution in [3.63, 3.8) is 0 Å². The quantitative estimate of drug-likeness (QED) is 0.761. The zero-order valence-electron chi connectivity index (χ0n) is 11.7. The van der Waals surface area contributed by atoms with E-state index in [0.29, 0.717) is 12.2 Å². The Morgan fingerprint density at radius 2 is 2.33 bits per heavy atom. The monoisotopic (exact) mass is 295 g/mol. The van der Waals surface area contributed by atoms with Crippen molar-refractivity contribution in [2.75, 3.05) is 18.0 Å². The Morgan fingerprint density at radius 1 is 1.57 bits per heavy atom. The molecule has 6 nitrogen and oxygen atoms in total. The molecule has 1 aliphatic heterocycles. The summed E-state index contributed by atoms with van der Waals surface area (Å²) in [5, 5.41) is 14.2. The molecule has 1 aliphatic rings. The van der Waals surface area contributed by atoms with E-state index in [4.69, 9.17) is 5.11 Å². The first kappa shape index (κ1) is 15.2. The number of rotatable bonds is 4. The van der Waals surface area contributed by atoms with Gasteiger partial charge in [0, 0.05) is 25.2 Å². The summed E-state index contributed by atoms with van der Waals surface area (Å²) in [7, 11) is 0. The summed E-state index contributed by atoms with van der Waals surface area (Å²) in [6.07, 6.45) is -0.469. The highest BCUT2D eigenvalue weighted by Gasteiger charge is 2.31. The third-order valence-electron chi connectivity index (χ3n) is 3.14. The van der Waals surface area contributed by atoms with Gasteiger partial charge in [-0.05, 0) is 25.1 Å². The second-order valence-electron chi connectivity index (χ2n) is 5.09. The first-order valence-corrected chi connectivity index (χ1v) is 6.74. The van der Waals surface area contributed by atoms with Gasteiger partial charge in [-0.2, -0.15) is 0 Å². The lowest BCUT2D eigenvalue weighted by Gasteiger charge is -2.17. The van der Waals surface area contributed by atoms with E-state index in [1.807, 2.05) is 0 Å². The third kappa shape index (κ3) is 4.16. The van der Waals surface area contributed by atoms with E-state index in [9.17, 15) is 14.0 Å². The highest BCUT2D eigenvalue weighted by atomic mass is 19.1. The number of carbonyl (C=O) groups is 2. The SMILES string of the molecule is CC(O)CNC(=O)NC1CC(=O)N(c2cccc(F)c2)C1. The Morgan fingerprint density at radius 3 is 3.00 bits per heavy atom. The molecular formula is C14H18FN3O3. The third-order valence-corrected chi connectivity index (χ3v) is 3.14. The number of benzene rings is 1. The summed E-state index contributed by atoms with van der Waals surface area (Å²) in [4.78, 5) is 25.0. The van der Waals surface area contributed by atoms with Gasteiger partial charge in [-0.25, -0.2) is 9.18 Å². The largest absolute Gasteiger partial charge is 0.392 e. The number of aliphatic hydroxyl groups excluding tert-OH is 1. The molecule has 0 aromatic heterocycles. The summed E-state index contributed by atoms with van der Waals surface area (Å²) in [5.41, 5.74) is 0.480. The fraction of sp³-hybridized carbons (Fsp3) is 0.429. The highest BCUT2D eigenvalue weighted by molar-refractivity contribution is 5.96. The molecule has 7 heteroatoms. The van der Waals surface area contributed by atoms with Crippen LogP contribution in [0.5, 0.6) is 0 Å².